The molecule has 2 rings (SSSR count). The maximum absolute atomic E-state index is 11.0. The van der Waals surface area contributed by atoms with Crippen molar-refractivity contribution in [3.05, 3.63) is 17.9 Å². The molecule has 1 aliphatic heterocycles. The van der Waals surface area contributed by atoms with Crippen molar-refractivity contribution in [1.29, 1.82) is 0 Å². The number of ether oxygens (including phenoxy) is 1. The van der Waals surface area contributed by atoms with Crippen molar-refractivity contribution < 1.29 is 17.6 Å². The normalized spacial score (nSPS) is 18.1. The third kappa shape index (κ3) is 3.81. The molecule has 0 spiro atoms. The first-order valence-electron chi connectivity index (χ1n) is 5.95. The largest absolute Gasteiger partial charge is 0.447 e. The Morgan fingerprint density at radius 3 is 2.67 bits per heavy atom. The van der Waals surface area contributed by atoms with Crippen molar-refractivity contribution in [3.63, 3.8) is 0 Å². The fraction of sp³-hybridized carbons (Fsp3) is 0.636. The summed E-state index contributed by atoms with van der Waals surface area (Å²) in [5.74, 6) is 1.19. The highest BCUT2D eigenvalue weighted by molar-refractivity contribution is 7.89. The first-order valence-corrected chi connectivity index (χ1v) is 7.50. The quantitative estimate of drug-likeness (QED) is 0.812. The lowest BCUT2D eigenvalue weighted by Crippen LogP contribution is -2.27. The smallest absolute Gasteiger partial charge is 0.271 e. The molecule has 0 atom stereocenters. The molecule has 102 valence electrons. The van der Waals surface area contributed by atoms with Gasteiger partial charge in [0.1, 0.15) is 5.76 Å². The standard InChI is InChI=1S/C11H18N2O4S/c12-18(14,15)11-2-1-10(17-11)8-13-7-9-3-5-16-6-4-9/h1-2,9,13H,3-8H2,(H2,12,14,15). The summed E-state index contributed by atoms with van der Waals surface area (Å²) in [7, 11) is -3.74. The predicted molar refractivity (Wildman–Crippen MR) is 65.3 cm³/mol. The fourth-order valence-electron chi connectivity index (χ4n) is 1.96. The van der Waals surface area contributed by atoms with Crippen LogP contribution in [0.2, 0.25) is 0 Å². The van der Waals surface area contributed by atoms with Crippen LogP contribution in [0.3, 0.4) is 0 Å². The maximum Gasteiger partial charge on any atom is 0.271 e. The van der Waals surface area contributed by atoms with Crippen LogP contribution in [0.5, 0.6) is 0 Å². The molecule has 6 nitrogen and oxygen atoms in total. The molecule has 0 bridgehead atoms. The Hall–Kier alpha value is -0.890. The monoisotopic (exact) mass is 274 g/mol. The van der Waals surface area contributed by atoms with Gasteiger partial charge in [0.15, 0.2) is 0 Å². The van der Waals surface area contributed by atoms with Gasteiger partial charge in [0.05, 0.1) is 6.54 Å². The molecule has 0 radical (unpaired) electrons. The van der Waals surface area contributed by atoms with Gasteiger partial charge in [-0.3, -0.25) is 0 Å². The van der Waals surface area contributed by atoms with Crippen LogP contribution in [0.15, 0.2) is 21.6 Å². The second kappa shape index (κ2) is 5.83. The third-order valence-corrected chi connectivity index (χ3v) is 3.77. The molecule has 0 amide bonds. The molecule has 3 N–H and O–H groups in total. The van der Waals surface area contributed by atoms with Gasteiger partial charge in [-0.05, 0) is 37.4 Å². The highest BCUT2D eigenvalue weighted by atomic mass is 32.2. The Morgan fingerprint density at radius 1 is 1.33 bits per heavy atom. The second-order valence-corrected chi connectivity index (χ2v) is 5.94. The van der Waals surface area contributed by atoms with E-state index >= 15 is 0 Å². The van der Waals surface area contributed by atoms with Crippen LogP contribution in [0, 0.1) is 5.92 Å². The van der Waals surface area contributed by atoms with E-state index in [0.29, 0.717) is 18.2 Å². The van der Waals surface area contributed by atoms with Crippen LogP contribution in [0.4, 0.5) is 0 Å². The van der Waals surface area contributed by atoms with Gasteiger partial charge in [-0.1, -0.05) is 0 Å². The van der Waals surface area contributed by atoms with E-state index < -0.39 is 10.0 Å². The summed E-state index contributed by atoms with van der Waals surface area (Å²) in [6.07, 6.45) is 2.13. The third-order valence-electron chi connectivity index (χ3n) is 2.99. The molecular weight excluding hydrogens is 256 g/mol. The summed E-state index contributed by atoms with van der Waals surface area (Å²) in [6.45, 7) is 3.03. The molecule has 0 aromatic carbocycles. The van der Waals surface area contributed by atoms with Crippen molar-refractivity contribution >= 4 is 10.0 Å². The zero-order valence-corrected chi connectivity index (χ0v) is 10.9. The number of sulfonamides is 1. The van der Waals surface area contributed by atoms with E-state index in [1.807, 2.05) is 0 Å². The average molecular weight is 274 g/mol. The summed E-state index contributed by atoms with van der Waals surface area (Å²) in [6, 6.07) is 3.00. The lowest BCUT2D eigenvalue weighted by Gasteiger charge is -2.21. The first-order chi connectivity index (χ1) is 8.55. The highest BCUT2D eigenvalue weighted by Crippen LogP contribution is 2.14. The number of primary sulfonamides is 1. The number of nitrogens with two attached hydrogens (primary N) is 1. The van der Waals surface area contributed by atoms with Crippen LogP contribution in [0.25, 0.3) is 0 Å². The van der Waals surface area contributed by atoms with Crippen LogP contribution in [-0.4, -0.2) is 28.2 Å². The Balaban J connectivity index is 1.78. The fourth-order valence-corrected chi connectivity index (χ4v) is 2.44. The number of nitrogens with one attached hydrogen (secondary N) is 1. The Labute approximate surface area is 107 Å². The van der Waals surface area contributed by atoms with Crippen molar-refractivity contribution in [1.82, 2.24) is 5.32 Å². The Morgan fingerprint density at radius 2 is 2.06 bits per heavy atom. The summed E-state index contributed by atoms with van der Waals surface area (Å²) in [5.41, 5.74) is 0. The van der Waals surface area contributed by atoms with Gasteiger partial charge < -0.3 is 14.5 Å². The summed E-state index contributed by atoms with van der Waals surface area (Å²) in [5, 5.41) is 8.02. The number of furan rings is 1. The lowest BCUT2D eigenvalue weighted by atomic mass is 10.0. The summed E-state index contributed by atoms with van der Waals surface area (Å²) in [4.78, 5) is 0. The number of hydrogen-bond donors (Lipinski definition) is 2. The van der Waals surface area contributed by atoms with Gasteiger partial charge in [-0.25, -0.2) is 13.6 Å². The molecule has 1 aromatic rings. The average Bonchev–Trinajstić information content (AvgIpc) is 2.79. The van der Waals surface area contributed by atoms with Gasteiger partial charge in [-0.15, -0.1) is 0 Å². The second-order valence-electron chi connectivity index (χ2n) is 4.45. The Kier molecular flexibility index (Phi) is 4.39. The van der Waals surface area contributed by atoms with Gasteiger partial charge in [0, 0.05) is 13.2 Å². The summed E-state index contributed by atoms with van der Waals surface area (Å²) >= 11 is 0. The van der Waals surface area contributed by atoms with E-state index in [1.165, 1.54) is 6.07 Å². The van der Waals surface area contributed by atoms with Gasteiger partial charge in [0.2, 0.25) is 5.09 Å². The van der Waals surface area contributed by atoms with Gasteiger partial charge in [-0.2, -0.15) is 0 Å². The Bertz CT molecular complexity index is 477. The van der Waals surface area contributed by atoms with Crippen LogP contribution >= 0.6 is 0 Å². The van der Waals surface area contributed by atoms with Gasteiger partial charge in [0.25, 0.3) is 10.0 Å². The lowest BCUT2D eigenvalue weighted by molar-refractivity contribution is 0.0661. The predicted octanol–water partition coefficient (Wildman–Crippen LogP) is 0.443. The molecule has 18 heavy (non-hydrogen) atoms. The van der Waals surface area contributed by atoms with E-state index in [2.05, 4.69) is 5.32 Å². The molecule has 7 heteroatoms. The molecule has 1 aliphatic rings. The number of rotatable bonds is 5. The van der Waals surface area contributed by atoms with Crippen LogP contribution < -0.4 is 10.5 Å². The maximum atomic E-state index is 11.0. The van der Waals surface area contributed by atoms with E-state index in [0.717, 1.165) is 32.6 Å². The first kappa shape index (κ1) is 13.5. The highest BCUT2D eigenvalue weighted by Gasteiger charge is 2.15. The van der Waals surface area contributed by atoms with Crippen molar-refractivity contribution in [2.75, 3.05) is 19.8 Å². The van der Waals surface area contributed by atoms with Crippen molar-refractivity contribution in [2.24, 2.45) is 11.1 Å². The zero-order valence-electron chi connectivity index (χ0n) is 10.1. The topological polar surface area (TPSA) is 94.6 Å². The zero-order chi connectivity index (χ0) is 13.0. The summed E-state index contributed by atoms with van der Waals surface area (Å²) < 4.78 is 32.4. The van der Waals surface area contributed by atoms with Crippen LogP contribution in [0.1, 0.15) is 18.6 Å². The molecule has 1 saturated heterocycles. The molecule has 0 aliphatic carbocycles. The minimum atomic E-state index is -3.74. The van der Waals surface area contributed by atoms with Crippen molar-refractivity contribution in [3.8, 4) is 0 Å². The van der Waals surface area contributed by atoms with E-state index in [9.17, 15) is 8.42 Å². The minimum absolute atomic E-state index is 0.189. The number of hydrogen-bond acceptors (Lipinski definition) is 5. The SMILES string of the molecule is NS(=O)(=O)c1ccc(CNCC2CCOCC2)o1. The van der Waals surface area contributed by atoms with E-state index in [4.69, 9.17) is 14.3 Å². The van der Waals surface area contributed by atoms with E-state index in [-0.39, 0.29) is 5.09 Å². The van der Waals surface area contributed by atoms with E-state index in [1.54, 1.807) is 6.07 Å². The minimum Gasteiger partial charge on any atom is -0.447 e. The van der Waals surface area contributed by atoms with Crippen molar-refractivity contribution in [2.45, 2.75) is 24.5 Å². The molecule has 0 unspecified atom stereocenters. The molecule has 1 fully saturated rings. The molecule has 0 saturated carbocycles. The van der Waals surface area contributed by atoms with Gasteiger partial charge >= 0.3 is 0 Å². The van der Waals surface area contributed by atoms with Crippen LogP contribution in [-0.2, 0) is 21.3 Å². The molecule has 1 aromatic heterocycles. The molecular formula is C11H18N2O4S. The molecule has 2 heterocycles.